The number of aliphatic hydroxyl groups excluding tert-OH is 1. The van der Waals surface area contributed by atoms with E-state index in [1.165, 1.54) is 0 Å². The summed E-state index contributed by atoms with van der Waals surface area (Å²) in [6.45, 7) is -1.93. The quantitative estimate of drug-likeness (QED) is 0.485. The highest BCUT2D eigenvalue weighted by atomic mass is 127. The molecule has 0 amide bonds. The summed E-state index contributed by atoms with van der Waals surface area (Å²) in [5.74, 6) is 0. The van der Waals surface area contributed by atoms with Gasteiger partial charge in [0.1, 0.15) is 6.61 Å². The van der Waals surface area contributed by atoms with Gasteiger partial charge in [-0.05, 0) is 46.7 Å². The second-order valence-electron chi connectivity index (χ2n) is 3.90. The normalized spacial score (nSPS) is 14.3. The number of aryl methyl sites for hydroxylation is 1. The van der Waals surface area contributed by atoms with E-state index in [0.29, 0.717) is 6.42 Å². The van der Waals surface area contributed by atoms with Crippen molar-refractivity contribution in [2.75, 3.05) is 13.3 Å². The van der Waals surface area contributed by atoms with Gasteiger partial charge in [0.15, 0.2) is 6.67 Å². The van der Waals surface area contributed by atoms with E-state index >= 15 is 0 Å². The third-order valence-electron chi connectivity index (χ3n) is 2.72. The molecule has 0 radical (unpaired) electrons. The molecule has 94 valence electrons. The summed E-state index contributed by atoms with van der Waals surface area (Å²) in [6.07, 6.45) is 0.371. The first-order valence-corrected chi connectivity index (χ1v) is 6.18. The molecule has 0 fully saturated rings. The third kappa shape index (κ3) is 3.60. The average molecular weight is 353 g/mol. The molecule has 0 aliphatic rings. The summed E-state index contributed by atoms with van der Waals surface area (Å²) in [7, 11) is 0. The first-order chi connectivity index (χ1) is 8.04. The minimum Gasteiger partial charge on any atom is -0.389 e. The van der Waals surface area contributed by atoms with Crippen molar-refractivity contribution in [2.24, 2.45) is 0 Å². The Hall–Kier alpha value is -0.760. The van der Waals surface area contributed by atoms with Gasteiger partial charge in [-0.15, -0.1) is 0 Å². The molecule has 1 aromatic rings. The van der Waals surface area contributed by atoms with Gasteiger partial charge in [-0.2, -0.15) is 0 Å². The van der Waals surface area contributed by atoms with Crippen LogP contribution in [-0.4, -0.2) is 28.9 Å². The van der Waals surface area contributed by atoms with Gasteiger partial charge in [-0.1, -0.05) is 12.1 Å². The summed E-state index contributed by atoms with van der Waals surface area (Å²) in [5, 5.41) is 19.7. The molecular formula is C11H13FINO3. The smallest absolute Gasteiger partial charge is 0.272 e. The maximum atomic E-state index is 12.7. The lowest BCUT2D eigenvalue weighted by atomic mass is 9.94. The van der Waals surface area contributed by atoms with Gasteiger partial charge >= 0.3 is 0 Å². The molecule has 17 heavy (non-hydrogen) atoms. The second-order valence-corrected chi connectivity index (χ2v) is 5.15. The van der Waals surface area contributed by atoms with Crippen molar-refractivity contribution in [3.05, 3.63) is 43.5 Å². The maximum absolute atomic E-state index is 12.7. The van der Waals surface area contributed by atoms with Crippen LogP contribution in [0, 0.1) is 13.7 Å². The molecular weight excluding hydrogens is 340 g/mol. The van der Waals surface area contributed by atoms with Crippen molar-refractivity contribution < 1.29 is 14.4 Å². The first-order valence-electron chi connectivity index (χ1n) is 5.10. The van der Waals surface area contributed by atoms with Crippen LogP contribution in [0.15, 0.2) is 24.3 Å². The fourth-order valence-corrected chi connectivity index (χ4v) is 1.77. The predicted molar refractivity (Wildman–Crippen MR) is 70.3 cm³/mol. The highest BCUT2D eigenvalue weighted by molar-refractivity contribution is 14.1. The zero-order valence-electron chi connectivity index (χ0n) is 9.10. The van der Waals surface area contributed by atoms with E-state index in [1.54, 1.807) is 0 Å². The van der Waals surface area contributed by atoms with E-state index in [1.807, 2.05) is 24.3 Å². The Labute approximate surface area is 112 Å². The average Bonchev–Trinajstić information content (AvgIpc) is 2.33. The van der Waals surface area contributed by atoms with Crippen molar-refractivity contribution in [3.63, 3.8) is 0 Å². The molecule has 1 unspecified atom stereocenters. The number of rotatable bonds is 6. The van der Waals surface area contributed by atoms with Gasteiger partial charge in [0.05, 0.1) is 0 Å². The Morgan fingerprint density at radius 2 is 2.00 bits per heavy atom. The standard InChI is InChI=1S/C11H13FINO3/c12-7-11(8-15,14(16)17)6-5-9-1-3-10(13)4-2-9/h1-4,15H,5-8H2. The monoisotopic (exact) mass is 353 g/mol. The summed E-state index contributed by atoms with van der Waals surface area (Å²) >= 11 is 2.16. The number of hydrogen-bond acceptors (Lipinski definition) is 3. The van der Waals surface area contributed by atoms with Crippen LogP contribution in [0.2, 0.25) is 0 Å². The highest BCUT2D eigenvalue weighted by Crippen LogP contribution is 2.19. The van der Waals surface area contributed by atoms with Crippen molar-refractivity contribution in [1.82, 2.24) is 0 Å². The van der Waals surface area contributed by atoms with Crippen molar-refractivity contribution >= 4 is 22.6 Å². The molecule has 0 bridgehead atoms. The molecule has 1 rings (SSSR count). The number of aliphatic hydroxyl groups is 1. The molecule has 1 aromatic carbocycles. The van der Waals surface area contributed by atoms with E-state index in [4.69, 9.17) is 5.11 Å². The number of halogens is 2. The SMILES string of the molecule is O=[N+]([O-])C(CO)(CF)CCc1ccc(I)cc1. The number of benzene rings is 1. The van der Waals surface area contributed by atoms with Crippen LogP contribution >= 0.6 is 22.6 Å². The summed E-state index contributed by atoms with van der Waals surface area (Å²) in [5.41, 5.74) is -0.957. The third-order valence-corrected chi connectivity index (χ3v) is 3.44. The van der Waals surface area contributed by atoms with Crippen LogP contribution in [0.3, 0.4) is 0 Å². The first kappa shape index (κ1) is 14.3. The molecule has 0 heterocycles. The molecule has 0 aliphatic carbocycles. The Morgan fingerprint density at radius 1 is 1.41 bits per heavy atom. The van der Waals surface area contributed by atoms with Crippen LogP contribution in [0.25, 0.3) is 0 Å². The Bertz CT molecular complexity index is 379. The van der Waals surface area contributed by atoms with Gasteiger partial charge in [0.2, 0.25) is 0 Å². The zero-order valence-corrected chi connectivity index (χ0v) is 11.3. The molecule has 1 atom stereocenters. The van der Waals surface area contributed by atoms with Crippen molar-refractivity contribution in [2.45, 2.75) is 18.4 Å². The van der Waals surface area contributed by atoms with Crippen LogP contribution in [0.1, 0.15) is 12.0 Å². The molecule has 0 saturated heterocycles. The lowest BCUT2D eigenvalue weighted by Gasteiger charge is -2.19. The van der Waals surface area contributed by atoms with Crippen LogP contribution in [0.4, 0.5) is 4.39 Å². The van der Waals surface area contributed by atoms with E-state index in [2.05, 4.69) is 22.6 Å². The second kappa shape index (κ2) is 6.25. The fraction of sp³-hybridized carbons (Fsp3) is 0.455. The number of nitrogens with zero attached hydrogens (tertiary/aromatic N) is 1. The Morgan fingerprint density at radius 3 is 2.41 bits per heavy atom. The van der Waals surface area contributed by atoms with Crippen LogP contribution in [0.5, 0.6) is 0 Å². The van der Waals surface area contributed by atoms with Crippen LogP contribution in [-0.2, 0) is 6.42 Å². The number of hydrogen-bond donors (Lipinski definition) is 1. The predicted octanol–water partition coefficient (Wildman–Crippen LogP) is 2.20. The highest BCUT2D eigenvalue weighted by Gasteiger charge is 2.42. The number of alkyl halides is 1. The van der Waals surface area contributed by atoms with Gasteiger partial charge < -0.3 is 5.11 Å². The Balaban J connectivity index is 2.70. The largest absolute Gasteiger partial charge is 0.389 e. The van der Waals surface area contributed by atoms with Gasteiger partial charge in [0, 0.05) is 14.9 Å². The maximum Gasteiger partial charge on any atom is 0.272 e. The topological polar surface area (TPSA) is 63.4 Å². The van der Waals surface area contributed by atoms with E-state index in [-0.39, 0.29) is 6.42 Å². The van der Waals surface area contributed by atoms with Crippen molar-refractivity contribution in [3.8, 4) is 0 Å². The van der Waals surface area contributed by atoms with Crippen LogP contribution < -0.4 is 0 Å². The fourth-order valence-electron chi connectivity index (χ4n) is 1.41. The molecule has 4 nitrogen and oxygen atoms in total. The molecule has 0 aromatic heterocycles. The van der Waals surface area contributed by atoms with E-state index in [9.17, 15) is 14.5 Å². The minimum absolute atomic E-state index is 0.00636. The molecule has 1 N–H and O–H groups in total. The lowest BCUT2D eigenvalue weighted by Crippen LogP contribution is -2.44. The van der Waals surface area contributed by atoms with E-state index < -0.39 is 23.7 Å². The zero-order chi connectivity index (χ0) is 12.9. The summed E-state index contributed by atoms with van der Waals surface area (Å²) in [6, 6.07) is 7.47. The van der Waals surface area contributed by atoms with Crippen molar-refractivity contribution in [1.29, 1.82) is 0 Å². The van der Waals surface area contributed by atoms with E-state index in [0.717, 1.165) is 9.13 Å². The molecule has 6 heteroatoms. The van der Waals surface area contributed by atoms with Gasteiger partial charge in [-0.3, -0.25) is 10.1 Å². The molecule has 0 saturated carbocycles. The summed E-state index contributed by atoms with van der Waals surface area (Å²) in [4.78, 5) is 10.0. The summed E-state index contributed by atoms with van der Waals surface area (Å²) < 4.78 is 13.8. The minimum atomic E-state index is -1.86. The van der Waals surface area contributed by atoms with Gasteiger partial charge in [0.25, 0.3) is 5.54 Å². The number of nitro groups is 1. The Kier molecular flexibility index (Phi) is 5.26. The van der Waals surface area contributed by atoms with Gasteiger partial charge in [-0.25, -0.2) is 4.39 Å². The molecule has 0 aliphatic heterocycles. The molecule has 0 spiro atoms. The lowest BCUT2D eigenvalue weighted by molar-refractivity contribution is -0.576.